The van der Waals surface area contributed by atoms with E-state index in [4.69, 9.17) is 13.8 Å². The summed E-state index contributed by atoms with van der Waals surface area (Å²) in [6, 6.07) is 71.0. The van der Waals surface area contributed by atoms with Gasteiger partial charge in [0.05, 0.1) is 0 Å². The number of nitrogens with one attached hydrogen (secondary N) is 2. The maximum atomic E-state index is 6.56. The molecule has 0 radical (unpaired) electrons. The van der Waals surface area contributed by atoms with E-state index in [-0.39, 0.29) is 12.3 Å². The maximum absolute atomic E-state index is 6.56. The number of aliphatic imine (C=N–C) groups is 1. The Labute approximate surface area is 356 Å². The molecule has 292 valence electrons. The summed E-state index contributed by atoms with van der Waals surface area (Å²) in [7, 11) is 0. The second kappa shape index (κ2) is 13.8. The largest absolute Gasteiger partial charge is 0.456 e. The third kappa shape index (κ3) is 5.49. The van der Waals surface area contributed by atoms with Gasteiger partial charge in [-0.3, -0.25) is 5.32 Å². The number of amidine groups is 1. The van der Waals surface area contributed by atoms with Crippen molar-refractivity contribution in [2.75, 3.05) is 0 Å². The van der Waals surface area contributed by atoms with E-state index in [1.54, 1.807) is 0 Å². The van der Waals surface area contributed by atoms with Gasteiger partial charge in [0.2, 0.25) is 0 Å². The fourth-order valence-electron chi connectivity index (χ4n) is 9.86. The van der Waals surface area contributed by atoms with Crippen LogP contribution < -0.4 is 10.6 Å². The Bertz CT molecular complexity index is 3740. The highest BCUT2D eigenvalue weighted by molar-refractivity contribution is 6.26. The van der Waals surface area contributed by atoms with Gasteiger partial charge >= 0.3 is 0 Å². The second-order valence-corrected chi connectivity index (χ2v) is 16.3. The lowest BCUT2D eigenvalue weighted by Crippen LogP contribution is -2.45. The molecule has 10 aromatic carbocycles. The molecule has 1 aliphatic rings. The van der Waals surface area contributed by atoms with E-state index >= 15 is 0 Å². The molecule has 5 nitrogen and oxygen atoms in total. The summed E-state index contributed by atoms with van der Waals surface area (Å²) in [5, 5.41) is 19.5. The van der Waals surface area contributed by atoms with E-state index in [2.05, 4.69) is 199 Å². The molecule has 2 atom stereocenters. The summed E-state index contributed by atoms with van der Waals surface area (Å²) < 4.78 is 13.1. The summed E-state index contributed by atoms with van der Waals surface area (Å²) in [6.07, 6.45) is -0.475. The summed E-state index contributed by atoms with van der Waals surface area (Å²) in [6.45, 7) is 0. The number of benzene rings is 10. The Hall–Kier alpha value is -7.99. The summed E-state index contributed by atoms with van der Waals surface area (Å²) in [5.74, 6) is 0.847. The molecule has 0 aliphatic carbocycles. The van der Waals surface area contributed by atoms with Crippen LogP contribution in [0.5, 0.6) is 0 Å². The quantitative estimate of drug-likeness (QED) is 0.170. The lowest BCUT2D eigenvalue weighted by Gasteiger charge is -2.32. The minimum Gasteiger partial charge on any atom is -0.456 e. The molecule has 5 heteroatoms. The number of fused-ring (bicyclic) bond motifs is 12. The van der Waals surface area contributed by atoms with Gasteiger partial charge in [-0.1, -0.05) is 158 Å². The lowest BCUT2D eigenvalue weighted by atomic mass is 9.91. The normalized spacial score (nSPS) is 15.6. The van der Waals surface area contributed by atoms with Crippen molar-refractivity contribution in [1.82, 2.24) is 10.6 Å². The van der Waals surface area contributed by atoms with Gasteiger partial charge in [-0.25, -0.2) is 4.99 Å². The fourth-order valence-corrected chi connectivity index (χ4v) is 9.86. The molecule has 0 saturated heterocycles. The number of nitrogens with zero attached hydrogens (tertiary/aromatic N) is 1. The molecule has 1 aliphatic heterocycles. The first kappa shape index (κ1) is 34.8. The number of hydrogen-bond acceptors (Lipinski definition) is 5. The standard InChI is InChI=1S/C57H37N3O2/c1-3-13-34(14-4-1)55-58-56(35-15-5-2-6-16-35)60-57(59-55)45-22-12-24-52-54(45)48-32-37(27-30-50(48)62-52)36-26-29-49-47(31-36)53-39(21-11-23-51(53)61-49)38-25-28-44-42-19-8-7-17-40(42)41-18-9-10-20-43(41)46(44)33-38/h1-33,55,57,59H,(H,58,60). The molecule has 0 fully saturated rings. The molecule has 0 saturated carbocycles. The molecule has 62 heavy (non-hydrogen) atoms. The van der Waals surface area contributed by atoms with Gasteiger partial charge in [0, 0.05) is 32.7 Å². The van der Waals surface area contributed by atoms with Gasteiger partial charge < -0.3 is 14.2 Å². The Kier molecular flexibility index (Phi) is 7.74. The van der Waals surface area contributed by atoms with Crippen molar-refractivity contribution >= 4 is 82.0 Å². The van der Waals surface area contributed by atoms with Crippen molar-refractivity contribution in [2.45, 2.75) is 12.3 Å². The number of rotatable bonds is 5. The highest BCUT2D eigenvalue weighted by Crippen LogP contribution is 2.43. The van der Waals surface area contributed by atoms with Crippen LogP contribution in [0.4, 0.5) is 0 Å². The first-order chi connectivity index (χ1) is 30.7. The van der Waals surface area contributed by atoms with Crippen LogP contribution >= 0.6 is 0 Å². The Morgan fingerprint density at radius 3 is 1.58 bits per heavy atom. The smallest absolute Gasteiger partial charge is 0.136 e. The Morgan fingerprint density at radius 2 is 0.903 bits per heavy atom. The molecule has 3 heterocycles. The van der Waals surface area contributed by atoms with E-state index in [1.165, 1.54) is 32.3 Å². The van der Waals surface area contributed by atoms with Crippen molar-refractivity contribution < 1.29 is 8.83 Å². The van der Waals surface area contributed by atoms with Gasteiger partial charge in [0.1, 0.15) is 40.5 Å². The lowest BCUT2D eigenvalue weighted by molar-refractivity contribution is 0.411. The van der Waals surface area contributed by atoms with E-state index < -0.39 is 0 Å². The highest BCUT2D eigenvalue weighted by atomic mass is 16.3. The van der Waals surface area contributed by atoms with E-state index in [1.807, 2.05) is 12.1 Å². The minimum atomic E-state index is -0.239. The number of furan rings is 2. The van der Waals surface area contributed by atoms with E-state index in [9.17, 15) is 0 Å². The zero-order valence-corrected chi connectivity index (χ0v) is 33.5. The third-order valence-electron chi connectivity index (χ3n) is 12.7. The monoisotopic (exact) mass is 795 g/mol. The van der Waals surface area contributed by atoms with Crippen LogP contribution in [0.1, 0.15) is 29.0 Å². The van der Waals surface area contributed by atoms with Crippen LogP contribution in [-0.2, 0) is 0 Å². The molecule has 13 rings (SSSR count). The van der Waals surface area contributed by atoms with Crippen molar-refractivity contribution in [3.63, 3.8) is 0 Å². The average molecular weight is 796 g/mol. The van der Waals surface area contributed by atoms with Gasteiger partial charge in [-0.2, -0.15) is 0 Å². The van der Waals surface area contributed by atoms with Crippen molar-refractivity contribution in [3.05, 3.63) is 217 Å². The summed E-state index contributed by atoms with van der Waals surface area (Å²) in [5.41, 5.74) is 11.2. The molecule has 2 N–H and O–H groups in total. The van der Waals surface area contributed by atoms with Crippen molar-refractivity contribution in [1.29, 1.82) is 0 Å². The zero-order valence-electron chi connectivity index (χ0n) is 33.5. The van der Waals surface area contributed by atoms with Gasteiger partial charge in [0.25, 0.3) is 0 Å². The Morgan fingerprint density at radius 1 is 0.371 bits per heavy atom. The molecule has 2 unspecified atom stereocenters. The second-order valence-electron chi connectivity index (χ2n) is 16.3. The van der Waals surface area contributed by atoms with Crippen LogP contribution in [0.25, 0.3) is 98.4 Å². The molecule has 0 bridgehead atoms. The highest BCUT2D eigenvalue weighted by Gasteiger charge is 2.28. The van der Waals surface area contributed by atoms with E-state index in [0.717, 1.165) is 88.7 Å². The van der Waals surface area contributed by atoms with Gasteiger partial charge in [-0.15, -0.1) is 0 Å². The zero-order chi connectivity index (χ0) is 40.7. The van der Waals surface area contributed by atoms with Crippen molar-refractivity contribution in [3.8, 4) is 22.3 Å². The molecular weight excluding hydrogens is 759 g/mol. The summed E-state index contributed by atoms with van der Waals surface area (Å²) in [4.78, 5) is 5.15. The molecular formula is C57H37N3O2. The van der Waals surface area contributed by atoms with Crippen LogP contribution in [0.3, 0.4) is 0 Å². The van der Waals surface area contributed by atoms with Gasteiger partial charge in [0.15, 0.2) is 0 Å². The van der Waals surface area contributed by atoms with Gasteiger partial charge in [-0.05, 0) is 103 Å². The predicted molar refractivity (Wildman–Crippen MR) is 256 cm³/mol. The minimum absolute atomic E-state index is 0.236. The van der Waals surface area contributed by atoms with Crippen LogP contribution in [0.2, 0.25) is 0 Å². The number of hydrogen-bond donors (Lipinski definition) is 2. The maximum Gasteiger partial charge on any atom is 0.136 e. The van der Waals surface area contributed by atoms with Crippen LogP contribution in [0.15, 0.2) is 214 Å². The van der Waals surface area contributed by atoms with Crippen LogP contribution in [-0.4, -0.2) is 5.84 Å². The Balaban J connectivity index is 0.938. The first-order valence-corrected chi connectivity index (χ1v) is 21.2. The average Bonchev–Trinajstić information content (AvgIpc) is 3.92. The summed E-state index contributed by atoms with van der Waals surface area (Å²) >= 11 is 0. The van der Waals surface area contributed by atoms with E-state index in [0.29, 0.717) is 0 Å². The SMILES string of the molecule is c1ccc(C2=NC(c3ccccc3)NC(c3cccc4oc5ccc(-c6ccc7oc8cccc(-c9ccc%10c%11ccccc%11c%11ccccc%11c%10c9)c8c7c6)cc5c34)N2)cc1. The predicted octanol–water partition coefficient (Wildman–Crippen LogP) is 14.6. The topological polar surface area (TPSA) is 62.7 Å². The first-order valence-electron chi connectivity index (χ1n) is 21.2. The third-order valence-corrected chi connectivity index (χ3v) is 12.7. The molecule has 2 aromatic heterocycles. The molecule has 0 amide bonds. The molecule has 0 spiro atoms. The van der Waals surface area contributed by atoms with Crippen LogP contribution in [0, 0.1) is 0 Å². The van der Waals surface area contributed by atoms with Crippen molar-refractivity contribution in [2.24, 2.45) is 4.99 Å². The fraction of sp³-hybridized carbons (Fsp3) is 0.0351. The molecule has 12 aromatic rings.